The first kappa shape index (κ1) is 16.5. The number of rotatable bonds is 6. The second-order valence-corrected chi connectivity index (χ2v) is 8.29. The number of sulfone groups is 1. The molecule has 0 bridgehead atoms. The fourth-order valence-corrected chi connectivity index (χ4v) is 5.61. The smallest absolute Gasteiger partial charge is 0.185 e. The lowest BCUT2D eigenvalue weighted by Gasteiger charge is -2.33. The average molecular weight is 333 g/mol. The number of aliphatic hydroxyl groups excluding tert-OH is 1. The fourth-order valence-electron chi connectivity index (χ4n) is 2.82. The highest BCUT2D eigenvalue weighted by Gasteiger charge is 2.30. The van der Waals surface area contributed by atoms with E-state index < -0.39 is 9.84 Å². The molecule has 6 nitrogen and oxygen atoms in total. The van der Waals surface area contributed by atoms with Gasteiger partial charge in [0.15, 0.2) is 15.7 Å². The molecule has 1 aromatic heterocycles. The Hall–Kier alpha value is -0.860. The Balaban J connectivity index is 2.28. The molecule has 0 amide bonds. The first-order chi connectivity index (χ1) is 9.99. The van der Waals surface area contributed by atoms with Gasteiger partial charge in [0.2, 0.25) is 0 Å². The van der Waals surface area contributed by atoms with Gasteiger partial charge < -0.3 is 15.7 Å². The van der Waals surface area contributed by atoms with E-state index in [1.165, 1.54) is 0 Å². The molecule has 21 heavy (non-hydrogen) atoms. The lowest BCUT2D eigenvalue weighted by Crippen LogP contribution is -2.36. The van der Waals surface area contributed by atoms with E-state index in [1.807, 2.05) is 6.92 Å². The molecule has 1 aromatic rings. The molecule has 120 valence electrons. The van der Waals surface area contributed by atoms with E-state index >= 15 is 0 Å². The van der Waals surface area contributed by atoms with E-state index in [-0.39, 0.29) is 23.1 Å². The van der Waals surface area contributed by atoms with Crippen LogP contribution in [0.25, 0.3) is 0 Å². The summed E-state index contributed by atoms with van der Waals surface area (Å²) >= 11 is 1.16. The highest BCUT2D eigenvalue weighted by Crippen LogP contribution is 2.37. The summed E-state index contributed by atoms with van der Waals surface area (Å²) in [5.74, 6) is 0.609. The third kappa shape index (κ3) is 3.67. The molecule has 1 aliphatic rings. The van der Waals surface area contributed by atoms with Gasteiger partial charge in [-0.05, 0) is 43.1 Å². The standard InChI is InChI=1S/C13H23N3O3S2/c1-2-8-21(18,19)11-12(14)15-20-13(11)16-6-3-4-10(9-16)5-7-17/h10,17H,2-9H2,1H3,(H2,14,15). The second-order valence-electron chi connectivity index (χ2n) is 5.49. The van der Waals surface area contributed by atoms with Crippen molar-refractivity contribution in [3.63, 3.8) is 0 Å². The van der Waals surface area contributed by atoms with Crippen molar-refractivity contribution in [3.8, 4) is 0 Å². The summed E-state index contributed by atoms with van der Waals surface area (Å²) in [6.07, 6.45) is 3.38. The summed E-state index contributed by atoms with van der Waals surface area (Å²) in [5, 5.41) is 9.76. The van der Waals surface area contributed by atoms with Gasteiger partial charge in [0.1, 0.15) is 9.90 Å². The van der Waals surface area contributed by atoms with Gasteiger partial charge in [-0.1, -0.05) is 6.92 Å². The quantitative estimate of drug-likeness (QED) is 0.819. The topological polar surface area (TPSA) is 96.5 Å². The van der Waals surface area contributed by atoms with Crippen molar-refractivity contribution in [3.05, 3.63) is 0 Å². The minimum absolute atomic E-state index is 0.0938. The SMILES string of the molecule is CCCS(=O)(=O)c1c(N)nsc1N1CCCC(CCO)C1. The summed E-state index contributed by atoms with van der Waals surface area (Å²) in [4.78, 5) is 2.28. The van der Waals surface area contributed by atoms with Crippen molar-refractivity contribution in [2.75, 3.05) is 36.1 Å². The summed E-state index contributed by atoms with van der Waals surface area (Å²) in [5.41, 5.74) is 5.81. The number of nitrogens with zero attached hydrogens (tertiary/aromatic N) is 2. The van der Waals surface area contributed by atoms with Gasteiger partial charge in [0.05, 0.1) is 5.75 Å². The molecule has 0 saturated carbocycles. The van der Waals surface area contributed by atoms with E-state index in [2.05, 4.69) is 9.27 Å². The van der Waals surface area contributed by atoms with Crippen molar-refractivity contribution in [1.29, 1.82) is 0 Å². The zero-order valence-electron chi connectivity index (χ0n) is 12.3. The maximum atomic E-state index is 12.4. The molecule has 1 atom stereocenters. The molecular weight excluding hydrogens is 310 g/mol. The van der Waals surface area contributed by atoms with Crippen LogP contribution in [0.15, 0.2) is 4.90 Å². The molecule has 0 aliphatic carbocycles. The number of anilines is 2. The summed E-state index contributed by atoms with van der Waals surface area (Å²) in [6, 6.07) is 0. The minimum Gasteiger partial charge on any atom is -0.396 e. The zero-order valence-corrected chi connectivity index (χ0v) is 13.9. The Morgan fingerprint density at radius 3 is 2.95 bits per heavy atom. The molecule has 3 N–H and O–H groups in total. The van der Waals surface area contributed by atoms with E-state index in [4.69, 9.17) is 10.8 Å². The lowest BCUT2D eigenvalue weighted by molar-refractivity contribution is 0.244. The molecule has 0 spiro atoms. The van der Waals surface area contributed by atoms with Gasteiger partial charge in [-0.3, -0.25) is 0 Å². The maximum absolute atomic E-state index is 12.4. The largest absolute Gasteiger partial charge is 0.396 e. The van der Waals surface area contributed by atoms with Crippen LogP contribution in [0.4, 0.5) is 10.8 Å². The molecule has 1 saturated heterocycles. The first-order valence-electron chi connectivity index (χ1n) is 7.33. The van der Waals surface area contributed by atoms with Crippen LogP contribution in [0.3, 0.4) is 0 Å². The Bertz CT molecular complexity index is 569. The van der Waals surface area contributed by atoms with E-state index in [0.29, 0.717) is 17.3 Å². The molecule has 2 rings (SSSR count). The Kier molecular flexibility index (Phi) is 5.45. The zero-order chi connectivity index (χ0) is 15.5. The number of piperidine rings is 1. The van der Waals surface area contributed by atoms with Gasteiger partial charge in [0, 0.05) is 19.7 Å². The van der Waals surface area contributed by atoms with Crippen molar-refractivity contribution in [2.45, 2.75) is 37.5 Å². The van der Waals surface area contributed by atoms with Gasteiger partial charge in [-0.15, -0.1) is 0 Å². The molecule has 1 aliphatic heterocycles. The predicted octanol–water partition coefficient (Wildman–Crippen LogP) is 1.51. The van der Waals surface area contributed by atoms with Crippen molar-refractivity contribution in [1.82, 2.24) is 4.37 Å². The van der Waals surface area contributed by atoms with Crippen LogP contribution in [-0.2, 0) is 9.84 Å². The number of aromatic nitrogens is 1. The molecular formula is C13H23N3O3S2. The highest BCUT2D eigenvalue weighted by atomic mass is 32.2. The third-order valence-electron chi connectivity index (χ3n) is 3.78. The molecule has 2 heterocycles. The number of hydrogen-bond donors (Lipinski definition) is 2. The number of nitrogens with two attached hydrogens (primary N) is 1. The van der Waals surface area contributed by atoms with Crippen LogP contribution in [-0.4, -0.2) is 43.3 Å². The van der Waals surface area contributed by atoms with Crippen LogP contribution in [0.5, 0.6) is 0 Å². The fraction of sp³-hybridized carbons (Fsp3) is 0.769. The minimum atomic E-state index is -3.38. The monoisotopic (exact) mass is 333 g/mol. The Labute approximate surface area is 130 Å². The van der Waals surface area contributed by atoms with Gasteiger partial charge in [-0.25, -0.2) is 8.42 Å². The Morgan fingerprint density at radius 1 is 1.52 bits per heavy atom. The third-order valence-corrected chi connectivity index (χ3v) is 6.81. The molecule has 1 unspecified atom stereocenters. The van der Waals surface area contributed by atoms with Crippen LogP contribution in [0.2, 0.25) is 0 Å². The maximum Gasteiger partial charge on any atom is 0.185 e. The molecule has 1 fully saturated rings. The highest BCUT2D eigenvalue weighted by molar-refractivity contribution is 7.91. The van der Waals surface area contributed by atoms with E-state index in [9.17, 15) is 8.42 Å². The van der Waals surface area contributed by atoms with Gasteiger partial charge in [0.25, 0.3) is 0 Å². The van der Waals surface area contributed by atoms with Crippen molar-refractivity contribution < 1.29 is 13.5 Å². The predicted molar refractivity (Wildman–Crippen MR) is 85.5 cm³/mol. The second kappa shape index (κ2) is 6.93. The molecule has 8 heteroatoms. The number of nitrogen functional groups attached to an aromatic ring is 1. The normalized spacial score (nSPS) is 19.9. The molecule has 0 radical (unpaired) electrons. The average Bonchev–Trinajstić information content (AvgIpc) is 2.82. The van der Waals surface area contributed by atoms with Crippen molar-refractivity contribution in [2.24, 2.45) is 5.92 Å². The van der Waals surface area contributed by atoms with Gasteiger partial charge >= 0.3 is 0 Å². The summed E-state index contributed by atoms with van der Waals surface area (Å²) < 4.78 is 28.9. The van der Waals surface area contributed by atoms with Crippen LogP contribution in [0.1, 0.15) is 32.6 Å². The number of hydrogen-bond acceptors (Lipinski definition) is 7. The van der Waals surface area contributed by atoms with Crippen LogP contribution < -0.4 is 10.6 Å². The lowest BCUT2D eigenvalue weighted by atomic mass is 9.95. The summed E-state index contributed by atoms with van der Waals surface area (Å²) in [6.45, 7) is 3.59. The van der Waals surface area contributed by atoms with Crippen molar-refractivity contribution >= 4 is 32.2 Å². The molecule has 0 aromatic carbocycles. The Morgan fingerprint density at radius 2 is 2.29 bits per heavy atom. The summed E-state index contributed by atoms with van der Waals surface area (Å²) in [7, 11) is -3.38. The van der Waals surface area contributed by atoms with E-state index in [0.717, 1.165) is 43.9 Å². The number of aliphatic hydroxyl groups is 1. The van der Waals surface area contributed by atoms with Gasteiger partial charge in [-0.2, -0.15) is 4.37 Å². The van der Waals surface area contributed by atoms with Crippen LogP contribution >= 0.6 is 11.5 Å². The van der Waals surface area contributed by atoms with E-state index in [1.54, 1.807) is 0 Å². The van der Waals surface area contributed by atoms with Crippen LogP contribution in [0, 0.1) is 5.92 Å². The first-order valence-corrected chi connectivity index (χ1v) is 9.75.